The quantitative estimate of drug-likeness (QED) is 0.504. The number of nitrogen functional groups attached to an aromatic ring is 1. The third kappa shape index (κ3) is 2.47. The van der Waals surface area contributed by atoms with Crippen LogP contribution in [0.5, 0.6) is 0 Å². The number of hydrogen-bond acceptors (Lipinski definition) is 4. The van der Waals surface area contributed by atoms with Crippen LogP contribution in [-0.2, 0) is 0 Å². The molecule has 0 spiro atoms. The molecule has 98 valence electrons. The van der Waals surface area contributed by atoms with Gasteiger partial charge in [-0.2, -0.15) is 0 Å². The zero-order valence-electron chi connectivity index (χ0n) is 10.2. The molecule has 0 aliphatic carbocycles. The highest BCUT2D eigenvalue weighted by Gasteiger charge is 2.19. The van der Waals surface area contributed by atoms with E-state index in [2.05, 4.69) is 5.32 Å². The molecule has 2 rings (SSSR count). The van der Waals surface area contributed by atoms with Crippen LogP contribution in [0, 0.1) is 22.9 Å². The standard InChI is InChI=1S/C13H12FN3O2/c1-8-4-2-5-9(14)12(8)16-11-7-3-6-10(15)13(11)17(18)19/h2-7,16H,15H2,1H3. The van der Waals surface area contributed by atoms with Gasteiger partial charge in [0.1, 0.15) is 17.2 Å². The summed E-state index contributed by atoms with van der Waals surface area (Å²) in [7, 11) is 0. The average molecular weight is 261 g/mol. The van der Waals surface area contributed by atoms with Gasteiger partial charge >= 0.3 is 5.69 Å². The minimum Gasteiger partial charge on any atom is -0.393 e. The van der Waals surface area contributed by atoms with E-state index < -0.39 is 10.7 Å². The molecule has 0 aromatic heterocycles. The fourth-order valence-corrected chi connectivity index (χ4v) is 1.79. The second-order valence-electron chi connectivity index (χ2n) is 4.06. The van der Waals surface area contributed by atoms with Crippen molar-refractivity contribution in [2.24, 2.45) is 0 Å². The van der Waals surface area contributed by atoms with Crippen LogP contribution < -0.4 is 11.1 Å². The molecule has 2 aromatic carbocycles. The number of anilines is 3. The summed E-state index contributed by atoms with van der Waals surface area (Å²) in [4.78, 5) is 10.4. The van der Waals surface area contributed by atoms with Gasteiger partial charge in [-0.1, -0.05) is 18.2 Å². The van der Waals surface area contributed by atoms with E-state index in [-0.39, 0.29) is 22.7 Å². The highest BCUT2D eigenvalue weighted by Crippen LogP contribution is 2.34. The summed E-state index contributed by atoms with van der Waals surface area (Å²) < 4.78 is 13.7. The fraction of sp³-hybridized carbons (Fsp3) is 0.0769. The highest BCUT2D eigenvalue weighted by molar-refractivity contribution is 5.79. The predicted octanol–water partition coefficient (Wildman–Crippen LogP) is 3.37. The van der Waals surface area contributed by atoms with Crippen LogP contribution in [-0.4, -0.2) is 4.92 Å². The molecule has 0 heterocycles. The van der Waals surface area contributed by atoms with Gasteiger partial charge in [0.15, 0.2) is 0 Å². The van der Waals surface area contributed by atoms with Crippen molar-refractivity contribution in [2.45, 2.75) is 6.92 Å². The van der Waals surface area contributed by atoms with Gasteiger partial charge in [-0.25, -0.2) is 4.39 Å². The molecule has 0 saturated carbocycles. The molecule has 0 fully saturated rings. The normalized spacial score (nSPS) is 10.2. The van der Waals surface area contributed by atoms with Crippen LogP contribution in [0.25, 0.3) is 0 Å². The number of nitro groups is 1. The summed E-state index contributed by atoms with van der Waals surface area (Å²) >= 11 is 0. The minimum atomic E-state index is -0.589. The molecule has 0 unspecified atom stereocenters. The number of aryl methyl sites for hydroxylation is 1. The van der Waals surface area contributed by atoms with E-state index in [4.69, 9.17) is 5.73 Å². The van der Waals surface area contributed by atoms with Crippen LogP contribution in [0.2, 0.25) is 0 Å². The molecule has 6 heteroatoms. The molecule has 5 nitrogen and oxygen atoms in total. The molecule has 0 aliphatic heterocycles. The third-order valence-corrected chi connectivity index (χ3v) is 2.73. The monoisotopic (exact) mass is 261 g/mol. The van der Waals surface area contributed by atoms with E-state index in [0.717, 1.165) is 0 Å². The Bertz CT molecular complexity index is 624. The number of nitro benzene ring substituents is 1. The largest absolute Gasteiger partial charge is 0.393 e. The maximum atomic E-state index is 13.7. The number of nitrogens with one attached hydrogen (secondary N) is 1. The summed E-state index contributed by atoms with van der Waals surface area (Å²) in [6, 6.07) is 9.05. The van der Waals surface area contributed by atoms with Crippen LogP contribution >= 0.6 is 0 Å². The third-order valence-electron chi connectivity index (χ3n) is 2.73. The first kappa shape index (κ1) is 12.8. The lowest BCUT2D eigenvalue weighted by Gasteiger charge is -2.11. The lowest BCUT2D eigenvalue weighted by Crippen LogP contribution is -2.03. The smallest absolute Gasteiger partial charge is 0.315 e. The molecule has 0 saturated heterocycles. The first-order valence-corrected chi connectivity index (χ1v) is 5.55. The van der Waals surface area contributed by atoms with E-state index >= 15 is 0 Å². The van der Waals surface area contributed by atoms with Crippen LogP contribution in [0.3, 0.4) is 0 Å². The van der Waals surface area contributed by atoms with Gasteiger partial charge in [0.25, 0.3) is 0 Å². The molecule has 0 radical (unpaired) electrons. The van der Waals surface area contributed by atoms with Crippen molar-refractivity contribution in [3.63, 3.8) is 0 Å². The molecule has 0 aliphatic rings. The maximum Gasteiger partial charge on any atom is 0.315 e. The summed E-state index contributed by atoms with van der Waals surface area (Å²) in [5.74, 6) is -0.475. The molecular formula is C13H12FN3O2. The second kappa shape index (κ2) is 4.93. The predicted molar refractivity (Wildman–Crippen MR) is 71.9 cm³/mol. The number of rotatable bonds is 3. The Morgan fingerprint density at radius 3 is 2.58 bits per heavy atom. The number of para-hydroxylation sites is 2. The average Bonchev–Trinajstić information content (AvgIpc) is 2.33. The fourth-order valence-electron chi connectivity index (χ4n) is 1.79. The Balaban J connectivity index is 2.50. The Morgan fingerprint density at radius 1 is 1.26 bits per heavy atom. The topological polar surface area (TPSA) is 81.2 Å². The summed E-state index contributed by atoms with van der Waals surface area (Å²) in [6.07, 6.45) is 0. The first-order valence-electron chi connectivity index (χ1n) is 5.55. The zero-order chi connectivity index (χ0) is 14.0. The Labute approximate surface area is 109 Å². The SMILES string of the molecule is Cc1cccc(F)c1Nc1cccc(N)c1[N+](=O)[O-]. The summed E-state index contributed by atoms with van der Waals surface area (Å²) in [6.45, 7) is 1.71. The number of nitrogens with two attached hydrogens (primary N) is 1. The second-order valence-corrected chi connectivity index (χ2v) is 4.06. The minimum absolute atomic E-state index is 0.0315. The summed E-state index contributed by atoms with van der Waals surface area (Å²) in [5, 5.41) is 13.7. The van der Waals surface area contributed by atoms with Gasteiger partial charge < -0.3 is 11.1 Å². The number of hydrogen-bond donors (Lipinski definition) is 2. The van der Waals surface area contributed by atoms with Crippen LogP contribution in [0.1, 0.15) is 5.56 Å². The van der Waals surface area contributed by atoms with Gasteiger partial charge in [-0.3, -0.25) is 10.1 Å². The number of benzene rings is 2. The highest BCUT2D eigenvalue weighted by atomic mass is 19.1. The Morgan fingerprint density at radius 2 is 1.95 bits per heavy atom. The first-order chi connectivity index (χ1) is 9.00. The van der Waals surface area contributed by atoms with Crippen LogP contribution in [0.4, 0.5) is 27.1 Å². The van der Waals surface area contributed by atoms with Crippen molar-refractivity contribution in [3.05, 3.63) is 57.9 Å². The Kier molecular flexibility index (Phi) is 3.33. The molecular weight excluding hydrogens is 249 g/mol. The molecule has 0 amide bonds. The maximum absolute atomic E-state index is 13.7. The van der Waals surface area contributed by atoms with Gasteiger partial charge in [0, 0.05) is 0 Å². The molecule has 3 N–H and O–H groups in total. The van der Waals surface area contributed by atoms with E-state index in [9.17, 15) is 14.5 Å². The lowest BCUT2D eigenvalue weighted by atomic mass is 10.1. The van der Waals surface area contributed by atoms with Gasteiger partial charge in [-0.05, 0) is 30.7 Å². The van der Waals surface area contributed by atoms with Crippen molar-refractivity contribution in [3.8, 4) is 0 Å². The van der Waals surface area contributed by atoms with Crippen molar-refractivity contribution < 1.29 is 9.31 Å². The van der Waals surface area contributed by atoms with E-state index in [1.54, 1.807) is 25.1 Å². The van der Waals surface area contributed by atoms with Crippen molar-refractivity contribution >= 4 is 22.7 Å². The van der Waals surface area contributed by atoms with Gasteiger partial charge in [0.05, 0.1) is 10.6 Å². The van der Waals surface area contributed by atoms with Crippen LogP contribution in [0.15, 0.2) is 36.4 Å². The van der Waals surface area contributed by atoms with E-state index in [0.29, 0.717) is 5.56 Å². The molecule has 0 atom stereocenters. The lowest BCUT2D eigenvalue weighted by molar-refractivity contribution is -0.383. The number of nitrogens with zero attached hydrogens (tertiary/aromatic N) is 1. The van der Waals surface area contributed by atoms with E-state index in [1.165, 1.54) is 18.2 Å². The van der Waals surface area contributed by atoms with Gasteiger partial charge in [-0.15, -0.1) is 0 Å². The summed E-state index contributed by atoms with van der Waals surface area (Å²) in [5.41, 5.74) is 6.37. The van der Waals surface area contributed by atoms with Gasteiger partial charge in [0.2, 0.25) is 0 Å². The number of halogens is 1. The molecule has 0 bridgehead atoms. The van der Waals surface area contributed by atoms with Crippen molar-refractivity contribution in [1.82, 2.24) is 0 Å². The molecule has 2 aromatic rings. The van der Waals surface area contributed by atoms with E-state index in [1.807, 2.05) is 0 Å². The zero-order valence-corrected chi connectivity index (χ0v) is 10.2. The Hall–Kier alpha value is -2.63. The van der Waals surface area contributed by atoms with Crippen molar-refractivity contribution in [1.29, 1.82) is 0 Å². The van der Waals surface area contributed by atoms with Crippen molar-refractivity contribution in [2.75, 3.05) is 11.1 Å². The molecule has 19 heavy (non-hydrogen) atoms.